The maximum absolute atomic E-state index is 14.0. The molecule has 0 aromatic heterocycles. The molecule has 0 radical (unpaired) electrons. The van der Waals surface area contributed by atoms with E-state index in [9.17, 15) is 28.7 Å². The standard InChI is InChI=1S/C32H35FN4O5/c1-20(2)22-10-14-26(15-11-22)34-32(42)37-17-5-16-36(31(41)23-8-12-25(33)13-9-23)30(37)29(40)35-27(19-28(38)39)24-7-4-6-21(3)18-24/h4,6-15,18,20,27,30H,5,16-17,19H2,1-3H3,(H,34,42)(H,35,40)(H,38,39). The van der Waals surface area contributed by atoms with Gasteiger partial charge in [-0.15, -0.1) is 0 Å². The molecule has 4 rings (SSSR count). The molecule has 42 heavy (non-hydrogen) atoms. The van der Waals surface area contributed by atoms with Gasteiger partial charge in [0, 0.05) is 24.3 Å². The van der Waals surface area contributed by atoms with Crippen LogP contribution < -0.4 is 10.6 Å². The van der Waals surface area contributed by atoms with Crippen molar-refractivity contribution in [2.75, 3.05) is 18.4 Å². The van der Waals surface area contributed by atoms with Crippen LogP contribution in [0.5, 0.6) is 0 Å². The maximum Gasteiger partial charge on any atom is 0.323 e. The first kappa shape index (κ1) is 30.2. The van der Waals surface area contributed by atoms with Crippen molar-refractivity contribution in [2.45, 2.75) is 51.7 Å². The zero-order chi connectivity index (χ0) is 30.4. The topological polar surface area (TPSA) is 119 Å². The van der Waals surface area contributed by atoms with Crippen molar-refractivity contribution in [3.63, 3.8) is 0 Å². The van der Waals surface area contributed by atoms with Crippen molar-refractivity contribution >= 4 is 29.5 Å². The van der Waals surface area contributed by atoms with Crippen LogP contribution in [0.25, 0.3) is 0 Å². The summed E-state index contributed by atoms with van der Waals surface area (Å²) in [5.41, 5.74) is 3.24. The van der Waals surface area contributed by atoms with E-state index < -0.39 is 48.3 Å². The lowest BCUT2D eigenvalue weighted by atomic mass is 10.0. The second-order valence-electron chi connectivity index (χ2n) is 10.7. The largest absolute Gasteiger partial charge is 0.481 e. The fourth-order valence-electron chi connectivity index (χ4n) is 5.00. The molecule has 3 N–H and O–H groups in total. The molecule has 1 saturated heterocycles. The van der Waals surface area contributed by atoms with Crippen LogP contribution in [0.4, 0.5) is 14.9 Å². The molecular weight excluding hydrogens is 539 g/mol. The third-order valence-electron chi connectivity index (χ3n) is 7.20. The highest BCUT2D eigenvalue weighted by Gasteiger charge is 2.41. The maximum atomic E-state index is 14.0. The number of hydrogen-bond acceptors (Lipinski definition) is 4. The molecule has 9 nitrogen and oxygen atoms in total. The molecule has 0 spiro atoms. The summed E-state index contributed by atoms with van der Waals surface area (Å²) >= 11 is 0. The van der Waals surface area contributed by atoms with Gasteiger partial charge in [-0.05, 0) is 66.8 Å². The van der Waals surface area contributed by atoms with Crippen LogP contribution in [0.1, 0.15) is 65.7 Å². The quantitative estimate of drug-likeness (QED) is 0.338. The Hall–Kier alpha value is -4.73. The summed E-state index contributed by atoms with van der Waals surface area (Å²) in [6.45, 7) is 6.31. The Morgan fingerprint density at radius 2 is 1.60 bits per heavy atom. The van der Waals surface area contributed by atoms with Gasteiger partial charge in [-0.1, -0.05) is 55.8 Å². The number of anilines is 1. The molecule has 0 aliphatic carbocycles. The lowest BCUT2D eigenvalue weighted by Crippen LogP contribution is -2.64. The van der Waals surface area contributed by atoms with Gasteiger partial charge in [0.25, 0.3) is 11.8 Å². The minimum atomic E-state index is -1.38. The number of urea groups is 1. The van der Waals surface area contributed by atoms with Crippen molar-refractivity contribution in [1.29, 1.82) is 0 Å². The summed E-state index contributed by atoms with van der Waals surface area (Å²) in [7, 11) is 0. The predicted molar refractivity (Wildman–Crippen MR) is 156 cm³/mol. The summed E-state index contributed by atoms with van der Waals surface area (Å²) in [5, 5.41) is 15.2. The number of aryl methyl sites for hydroxylation is 1. The van der Waals surface area contributed by atoms with Crippen LogP contribution in [-0.2, 0) is 9.59 Å². The minimum Gasteiger partial charge on any atom is -0.481 e. The van der Waals surface area contributed by atoms with Gasteiger partial charge < -0.3 is 20.6 Å². The number of carbonyl (C=O) groups excluding carboxylic acids is 3. The van der Waals surface area contributed by atoms with Gasteiger partial charge >= 0.3 is 12.0 Å². The number of carboxylic acids is 1. The molecular formula is C32H35FN4O5. The third-order valence-corrected chi connectivity index (χ3v) is 7.20. The summed E-state index contributed by atoms with van der Waals surface area (Å²) < 4.78 is 13.6. The van der Waals surface area contributed by atoms with Gasteiger partial charge in [0.05, 0.1) is 12.5 Å². The molecule has 1 aliphatic heterocycles. The molecule has 220 valence electrons. The van der Waals surface area contributed by atoms with Crippen molar-refractivity contribution < 1.29 is 28.7 Å². The molecule has 2 unspecified atom stereocenters. The molecule has 10 heteroatoms. The summed E-state index contributed by atoms with van der Waals surface area (Å²) in [6.07, 6.45) is -1.39. The highest BCUT2D eigenvalue weighted by molar-refractivity contribution is 6.00. The molecule has 4 amide bonds. The van der Waals surface area contributed by atoms with Crippen LogP contribution in [-0.4, -0.2) is 58.0 Å². The van der Waals surface area contributed by atoms with Crippen molar-refractivity contribution in [1.82, 2.24) is 15.1 Å². The summed E-state index contributed by atoms with van der Waals surface area (Å²) in [6, 6.07) is 17.9. The van der Waals surface area contributed by atoms with Gasteiger partial charge in [0.15, 0.2) is 6.17 Å². The third kappa shape index (κ3) is 7.31. The van der Waals surface area contributed by atoms with Gasteiger partial charge in [0.1, 0.15) is 5.82 Å². The van der Waals surface area contributed by atoms with E-state index in [0.29, 0.717) is 23.6 Å². The Balaban J connectivity index is 1.66. The molecule has 3 aromatic rings. The number of halogens is 1. The van der Waals surface area contributed by atoms with Crippen molar-refractivity contribution in [3.8, 4) is 0 Å². The van der Waals surface area contributed by atoms with E-state index in [4.69, 9.17) is 0 Å². The number of carbonyl (C=O) groups is 4. The fraction of sp³-hybridized carbons (Fsp3) is 0.312. The van der Waals surface area contributed by atoms with E-state index in [-0.39, 0.29) is 18.7 Å². The Morgan fingerprint density at radius 1 is 0.929 bits per heavy atom. The normalized spacial score (nSPS) is 15.7. The minimum absolute atomic E-state index is 0.154. The first-order chi connectivity index (χ1) is 20.0. The Kier molecular flexibility index (Phi) is 9.57. The van der Waals surface area contributed by atoms with E-state index in [1.54, 1.807) is 30.3 Å². The average Bonchev–Trinajstić information content (AvgIpc) is 2.96. The first-order valence-electron chi connectivity index (χ1n) is 13.9. The van der Waals surface area contributed by atoms with Gasteiger partial charge in [-0.3, -0.25) is 19.3 Å². The molecule has 1 heterocycles. The van der Waals surface area contributed by atoms with Crippen LogP contribution in [0.15, 0.2) is 72.8 Å². The number of nitrogens with zero attached hydrogens (tertiary/aromatic N) is 2. The predicted octanol–water partition coefficient (Wildman–Crippen LogP) is 5.30. The highest BCUT2D eigenvalue weighted by Crippen LogP contribution is 2.24. The SMILES string of the molecule is Cc1cccc(C(CC(=O)O)NC(=O)C2N(C(=O)Nc3ccc(C(C)C)cc3)CCCN2C(=O)c2ccc(F)cc2)c1. The van der Waals surface area contributed by atoms with Gasteiger partial charge in [0.2, 0.25) is 0 Å². The van der Waals surface area contributed by atoms with Crippen LogP contribution in [0.2, 0.25) is 0 Å². The number of benzene rings is 3. The fourth-order valence-corrected chi connectivity index (χ4v) is 5.00. The highest BCUT2D eigenvalue weighted by atomic mass is 19.1. The lowest BCUT2D eigenvalue weighted by molar-refractivity contribution is -0.138. The lowest BCUT2D eigenvalue weighted by Gasteiger charge is -2.43. The van der Waals surface area contributed by atoms with E-state index >= 15 is 0 Å². The Bertz CT molecular complexity index is 1440. The molecule has 3 aromatic carbocycles. The molecule has 2 atom stereocenters. The number of rotatable bonds is 8. The molecule has 1 aliphatic rings. The van der Waals surface area contributed by atoms with Crippen molar-refractivity contribution in [3.05, 3.63) is 101 Å². The molecule has 0 saturated carbocycles. The van der Waals surface area contributed by atoms with Crippen molar-refractivity contribution in [2.24, 2.45) is 0 Å². The van der Waals surface area contributed by atoms with E-state index in [0.717, 1.165) is 23.3 Å². The van der Waals surface area contributed by atoms with Crippen LogP contribution in [0.3, 0.4) is 0 Å². The summed E-state index contributed by atoms with van der Waals surface area (Å²) in [4.78, 5) is 55.4. The van der Waals surface area contributed by atoms with Crippen LogP contribution in [0, 0.1) is 12.7 Å². The number of hydrogen-bond donors (Lipinski definition) is 3. The summed E-state index contributed by atoms with van der Waals surface area (Å²) in [5.74, 6) is -2.59. The van der Waals surface area contributed by atoms with E-state index in [1.807, 2.05) is 25.1 Å². The smallest absolute Gasteiger partial charge is 0.323 e. The molecule has 0 bridgehead atoms. The number of nitrogens with one attached hydrogen (secondary N) is 2. The van der Waals surface area contributed by atoms with Gasteiger partial charge in [-0.25, -0.2) is 9.18 Å². The monoisotopic (exact) mass is 574 g/mol. The second kappa shape index (κ2) is 13.3. The van der Waals surface area contributed by atoms with Crippen LogP contribution >= 0.6 is 0 Å². The number of amides is 4. The Labute approximate surface area is 244 Å². The Morgan fingerprint density at radius 3 is 2.21 bits per heavy atom. The van der Waals surface area contributed by atoms with E-state index in [2.05, 4.69) is 24.5 Å². The number of aliphatic carboxylic acids is 1. The van der Waals surface area contributed by atoms with Gasteiger partial charge in [-0.2, -0.15) is 0 Å². The average molecular weight is 575 g/mol. The first-order valence-corrected chi connectivity index (χ1v) is 13.9. The second-order valence-corrected chi connectivity index (χ2v) is 10.7. The molecule has 1 fully saturated rings. The zero-order valence-electron chi connectivity index (χ0n) is 23.8. The number of carboxylic acid groups (broad SMARTS) is 1. The van der Waals surface area contributed by atoms with E-state index in [1.165, 1.54) is 21.9 Å². The zero-order valence-corrected chi connectivity index (χ0v) is 23.8.